The molecule has 0 N–H and O–H groups in total. The van der Waals surface area contributed by atoms with Gasteiger partial charge in [0.1, 0.15) is 6.10 Å². The van der Waals surface area contributed by atoms with E-state index in [4.69, 9.17) is 4.74 Å². The zero-order valence-electron chi connectivity index (χ0n) is 9.25. The molecule has 0 saturated carbocycles. The molecule has 2 rings (SSSR count). The molecule has 0 atom stereocenters. The van der Waals surface area contributed by atoms with Crippen molar-refractivity contribution < 1.29 is 9.13 Å². The second-order valence-electron chi connectivity index (χ2n) is 4.07. The summed E-state index contributed by atoms with van der Waals surface area (Å²) < 4.78 is 19.8. The van der Waals surface area contributed by atoms with E-state index in [0.29, 0.717) is 5.75 Å². The lowest BCUT2D eigenvalue weighted by Crippen LogP contribution is -2.53. The monoisotopic (exact) mass is 287 g/mol. The van der Waals surface area contributed by atoms with Crippen LogP contribution in [0, 0.1) is 5.82 Å². The molecule has 1 heterocycles. The minimum Gasteiger partial charge on any atom is -0.485 e. The van der Waals surface area contributed by atoms with Gasteiger partial charge in [0, 0.05) is 17.6 Å². The molecule has 4 heteroatoms. The van der Waals surface area contributed by atoms with E-state index in [-0.39, 0.29) is 11.9 Å². The summed E-state index contributed by atoms with van der Waals surface area (Å²) in [6.45, 7) is 5.07. The number of rotatable bonds is 4. The van der Waals surface area contributed by atoms with Crippen LogP contribution >= 0.6 is 15.9 Å². The molecule has 1 aromatic carbocycles. The van der Waals surface area contributed by atoms with Crippen LogP contribution in [0.5, 0.6) is 5.75 Å². The molecule has 1 saturated heterocycles. The Bertz CT molecular complexity index is 366. The number of hydrogen-bond acceptors (Lipinski definition) is 2. The van der Waals surface area contributed by atoms with Crippen LogP contribution in [0.25, 0.3) is 0 Å². The fourth-order valence-electron chi connectivity index (χ4n) is 1.85. The predicted molar refractivity (Wildman–Crippen MR) is 65.2 cm³/mol. The molecule has 0 aliphatic carbocycles. The van der Waals surface area contributed by atoms with Gasteiger partial charge in [0.2, 0.25) is 0 Å². The van der Waals surface area contributed by atoms with E-state index in [1.807, 2.05) is 0 Å². The zero-order valence-corrected chi connectivity index (χ0v) is 10.8. The summed E-state index contributed by atoms with van der Waals surface area (Å²) in [7, 11) is 0. The summed E-state index contributed by atoms with van der Waals surface area (Å²) in [5.74, 6) is 0.0488. The summed E-state index contributed by atoms with van der Waals surface area (Å²) in [5, 5.41) is 0. The van der Waals surface area contributed by atoms with Crippen molar-refractivity contribution in [1.82, 2.24) is 4.90 Å². The van der Waals surface area contributed by atoms with Crippen LogP contribution in [0.3, 0.4) is 0 Å². The van der Waals surface area contributed by atoms with Crippen molar-refractivity contribution in [3.05, 3.63) is 28.5 Å². The largest absolute Gasteiger partial charge is 0.485 e. The quantitative estimate of drug-likeness (QED) is 0.844. The van der Waals surface area contributed by atoms with Crippen molar-refractivity contribution >= 4 is 15.9 Å². The van der Waals surface area contributed by atoms with Crippen LogP contribution in [0.1, 0.15) is 13.3 Å². The van der Waals surface area contributed by atoms with Crippen molar-refractivity contribution in [2.45, 2.75) is 19.4 Å². The average molecular weight is 288 g/mol. The maximum atomic E-state index is 13.4. The highest BCUT2D eigenvalue weighted by molar-refractivity contribution is 9.10. The van der Waals surface area contributed by atoms with Gasteiger partial charge in [-0.1, -0.05) is 22.9 Å². The molecule has 1 aliphatic rings. The Morgan fingerprint density at radius 1 is 1.50 bits per heavy atom. The Hall–Kier alpha value is -0.610. The zero-order chi connectivity index (χ0) is 11.5. The summed E-state index contributed by atoms with van der Waals surface area (Å²) in [6.07, 6.45) is 1.29. The van der Waals surface area contributed by atoms with E-state index in [0.717, 1.165) is 30.5 Å². The molecular weight excluding hydrogens is 273 g/mol. The third-order valence-corrected chi connectivity index (χ3v) is 3.14. The van der Waals surface area contributed by atoms with Gasteiger partial charge < -0.3 is 4.74 Å². The first kappa shape index (κ1) is 11.9. The molecule has 1 aliphatic heterocycles. The first-order valence-electron chi connectivity index (χ1n) is 5.53. The van der Waals surface area contributed by atoms with Gasteiger partial charge in [-0.2, -0.15) is 0 Å². The maximum Gasteiger partial charge on any atom is 0.166 e. The average Bonchev–Trinajstić information content (AvgIpc) is 2.18. The molecule has 88 valence electrons. The molecule has 16 heavy (non-hydrogen) atoms. The fraction of sp³-hybridized carbons (Fsp3) is 0.500. The second-order valence-corrected chi connectivity index (χ2v) is 4.99. The van der Waals surface area contributed by atoms with Gasteiger partial charge in [-0.15, -0.1) is 0 Å². The molecule has 1 aromatic rings. The minimum absolute atomic E-state index is 0.141. The van der Waals surface area contributed by atoms with Gasteiger partial charge in [-0.25, -0.2) is 4.39 Å². The topological polar surface area (TPSA) is 12.5 Å². The highest BCUT2D eigenvalue weighted by Crippen LogP contribution is 2.24. The number of nitrogens with zero attached hydrogens (tertiary/aromatic N) is 1. The van der Waals surface area contributed by atoms with Crippen molar-refractivity contribution in [3.8, 4) is 5.75 Å². The van der Waals surface area contributed by atoms with E-state index in [9.17, 15) is 4.39 Å². The van der Waals surface area contributed by atoms with Crippen molar-refractivity contribution in [1.29, 1.82) is 0 Å². The third-order valence-electron chi connectivity index (χ3n) is 2.65. The summed E-state index contributed by atoms with van der Waals surface area (Å²) in [5.41, 5.74) is 0. The van der Waals surface area contributed by atoms with Gasteiger partial charge >= 0.3 is 0 Å². The molecule has 0 aromatic heterocycles. The Morgan fingerprint density at radius 2 is 2.25 bits per heavy atom. The summed E-state index contributed by atoms with van der Waals surface area (Å²) in [6, 6.07) is 4.89. The lowest BCUT2D eigenvalue weighted by Gasteiger charge is -2.38. The fourth-order valence-corrected chi connectivity index (χ4v) is 2.18. The van der Waals surface area contributed by atoms with Gasteiger partial charge in [0.05, 0.1) is 0 Å². The Morgan fingerprint density at radius 3 is 2.88 bits per heavy atom. The van der Waals surface area contributed by atoms with Gasteiger partial charge in [-0.3, -0.25) is 4.90 Å². The number of halogens is 2. The van der Waals surface area contributed by atoms with E-state index in [1.165, 1.54) is 6.07 Å². The molecular formula is C12H15BrFNO. The highest BCUT2D eigenvalue weighted by atomic mass is 79.9. The van der Waals surface area contributed by atoms with Crippen LogP contribution < -0.4 is 4.74 Å². The van der Waals surface area contributed by atoms with Crippen LogP contribution in [0.2, 0.25) is 0 Å². The van der Waals surface area contributed by atoms with Crippen LogP contribution in [-0.4, -0.2) is 30.6 Å². The van der Waals surface area contributed by atoms with Gasteiger partial charge in [-0.05, 0) is 31.2 Å². The van der Waals surface area contributed by atoms with Crippen LogP contribution in [0.4, 0.5) is 4.39 Å². The number of hydrogen-bond donors (Lipinski definition) is 0. The highest BCUT2D eigenvalue weighted by Gasteiger charge is 2.28. The molecule has 2 nitrogen and oxygen atoms in total. The summed E-state index contributed by atoms with van der Waals surface area (Å²) >= 11 is 3.22. The summed E-state index contributed by atoms with van der Waals surface area (Å²) in [4.78, 5) is 2.31. The lowest BCUT2D eigenvalue weighted by atomic mass is 10.1. The number of ether oxygens (including phenoxy) is 1. The second kappa shape index (κ2) is 5.15. The molecule has 0 radical (unpaired) electrons. The van der Waals surface area contributed by atoms with Gasteiger partial charge in [0.15, 0.2) is 11.6 Å². The molecule has 0 spiro atoms. The van der Waals surface area contributed by atoms with Crippen LogP contribution in [-0.2, 0) is 0 Å². The Labute approximate surface area is 104 Å². The van der Waals surface area contributed by atoms with E-state index in [1.54, 1.807) is 12.1 Å². The number of benzene rings is 1. The van der Waals surface area contributed by atoms with Crippen LogP contribution in [0.15, 0.2) is 22.7 Å². The maximum absolute atomic E-state index is 13.4. The molecule has 1 fully saturated rings. The predicted octanol–water partition coefficient (Wildman–Crippen LogP) is 3.06. The minimum atomic E-state index is -0.302. The Kier molecular flexibility index (Phi) is 3.82. The normalized spacial score (nSPS) is 17.2. The molecule has 0 unspecified atom stereocenters. The molecule has 0 amide bonds. The van der Waals surface area contributed by atoms with Crippen molar-refractivity contribution in [3.63, 3.8) is 0 Å². The van der Waals surface area contributed by atoms with E-state index >= 15 is 0 Å². The van der Waals surface area contributed by atoms with Crippen molar-refractivity contribution in [2.24, 2.45) is 0 Å². The smallest absolute Gasteiger partial charge is 0.166 e. The lowest BCUT2D eigenvalue weighted by molar-refractivity contribution is 0.0179. The van der Waals surface area contributed by atoms with Crippen molar-refractivity contribution in [2.75, 3.05) is 19.6 Å². The molecule has 0 bridgehead atoms. The first-order valence-corrected chi connectivity index (χ1v) is 6.32. The van der Waals surface area contributed by atoms with Gasteiger partial charge in [0.25, 0.3) is 0 Å². The standard InChI is InChI=1S/C12H15BrFNO/c1-2-5-15-7-10(8-15)16-12-4-3-9(13)6-11(12)14/h3-4,6,10H,2,5,7-8H2,1H3. The van der Waals surface area contributed by atoms with E-state index < -0.39 is 0 Å². The SMILES string of the molecule is CCCN1CC(Oc2ccc(Br)cc2F)C1. The Balaban J connectivity index is 1.87. The number of likely N-dealkylation sites (tertiary alicyclic amines) is 1. The third kappa shape index (κ3) is 2.74. The van der Waals surface area contributed by atoms with E-state index in [2.05, 4.69) is 27.8 Å². The first-order chi connectivity index (χ1) is 7.69.